The first-order valence-electron chi connectivity index (χ1n) is 12.8. The van der Waals surface area contributed by atoms with Crippen LogP contribution in [0.15, 0.2) is 12.1 Å². The lowest BCUT2D eigenvalue weighted by atomic mass is 10.0. The number of hydrogen-bond acceptors (Lipinski definition) is 9. The van der Waals surface area contributed by atoms with Crippen molar-refractivity contribution in [2.45, 2.75) is 84.2 Å². The molecule has 13 nitrogen and oxygen atoms in total. The average molecular weight is 552 g/mol. The summed E-state index contributed by atoms with van der Waals surface area (Å²) in [5.41, 5.74) is 7.18. The van der Waals surface area contributed by atoms with Crippen LogP contribution in [0.4, 0.5) is 15.0 Å². The van der Waals surface area contributed by atoms with E-state index in [0.29, 0.717) is 11.4 Å². The lowest BCUT2D eigenvalue weighted by Crippen LogP contribution is -2.37. The number of nitrogens with zero attached hydrogens (tertiary/aromatic N) is 4. The van der Waals surface area contributed by atoms with Gasteiger partial charge in [0.2, 0.25) is 0 Å². The molecule has 0 aliphatic heterocycles. The van der Waals surface area contributed by atoms with Crippen molar-refractivity contribution in [1.82, 2.24) is 24.9 Å². The number of aryl methyl sites for hydroxylation is 1. The van der Waals surface area contributed by atoms with Crippen molar-refractivity contribution in [2.75, 3.05) is 12.4 Å². The summed E-state index contributed by atoms with van der Waals surface area (Å²) in [5, 5.41) is 14.1. The molecule has 2 amide bonds. The number of methoxy groups -OCH3 is 1. The Labute approximate surface area is 226 Å². The van der Waals surface area contributed by atoms with Gasteiger partial charge in [0.05, 0.1) is 18.0 Å². The molecule has 0 unspecified atom stereocenters. The molecule has 39 heavy (non-hydrogen) atoms. The normalized spacial score (nSPS) is 19.8. The third-order valence-corrected chi connectivity index (χ3v) is 6.33. The third kappa shape index (κ3) is 7.76. The molecule has 2 aromatic heterocycles. The summed E-state index contributed by atoms with van der Waals surface area (Å²) in [6.07, 6.45) is -2.73. The number of aromatic nitrogens is 4. The molecule has 1 saturated carbocycles. The maximum absolute atomic E-state index is 14.8. The van der Waals surface area contributed by atoms with E-state index in [9.17, 15) is 18.8 Å². The number of hydrogen-bond donors (Lipinski definition) is 3. The van der Waals surface area contributed by atoms with Crippen LogP contribution in [0.25, 0.3) is 0 Å². The molecule has 3 rings (SSSR count). The maximum atomic E-state index is 14.8. The highest BCUT2D eigenvalue weighted by atomic mass is 19.1. The fraction of sp³-hybridized carbons (Fsp3) is 0.640. The number of carbonyl (C=O) groups is 3. The minimum Gasteiger partial charge on any atom is -0.443 e. The second-order valence-electron chi connectivity index (χ2n) is 10.3. The number of alkyl carbamates (subject to hydrolysis) is 1. The molecule has 0 radical (unpaired) electrons. The van der Waals surface area contributed by atoms with Crippen molar-refractivity contribution >= 4 is 23.8 Å². The van der Waals surface area contributed by atoms with E-state index in [2.05, 4.69) is 20.8 Å². The maximum Gasteiger partial charge on any atom is 0.407 e. The summed E-state index contributed by atoms with van der Waals surface area (Å²) in [6.45, 7) is 7.06. The largest absolute Gasteiger partial charge is 0.443 e. The fourth-order valence-electron chi connectivity index (χ4n) is 4.18. The monoisotopic (exact) mass is 551 g/mol. The number of carbonyl (C=O) groups excluding carboxylic acids is 3. The van der Waals surface area contributed by atoms with Crippen molar-refractivity contribution in [3.8, 4) is 0 Å². The van der Waals surface area contributed by atoms with Crippen LogP contribution < -0.4 is 16.4 Å². The molecule has 14 heteroatoms. The second-order valence-corrected chi connectivity index (χ2v) is 10.3. The van der Waals surface area contributed by atoms with Crippen molar-refractivity contribution in [2.24, 2.45) is 18.7 Å². The van der Waals surface area contributed by atoms with Gasteiger partial charge in [0.15, 0.2) is 6.73 Å². The van der Waals surface area contributed by atoms with E-state index < -0.39 is 42.2 Å². The van der Waals surface area contributed by atoms with Gasteiger partial charge in [0.1, 0.15) is 29.8 Å². The zero-order chi connectivity index (χ0) is 28.9. The Morgan fingerprint density at radius 1 is 1.18 bits per heavy atom. The van der Waals surface area contributed by atoms with Gasteiger partial charge in [-0.25, -0.2) is 13.9 Å². The molecule has 0 bridgehead atoms. The number of anilines is 1. The van der Waals surface area contributed by atoms with E-state index in [0.717, 1.165) is 0 Å². The van der Waals surface area contributed by atoms with Gasteiger partial charge in [-0.1, -0.05) is 13.8 Å². The van der Waals surface area contributed by atoms with Gasteiger partial charge < -0.3 is 30.6 Å². The minimum atomic E-state index is -1.38. The Balaban J connectivity index is 1.81. The van der Waals surface area contributed by atoms with Gasteiger partial charge in [0, 0.05) is 32.2 Å². The molecule has 2 aromatic rings. The van der Waals surface area contributed by atoms with E-state index >= 15 is 0 Å². The topological polar surface area (TPSA) is 165 Å². The highest BCUT2D eigenvalue weighted by Crippen LogP contribution is 2.38. The van der Waals surface area contributed by atoms with Gasteiger partial charge in [-0.2, -0.15) is 10.2 Å². The molecule has 0 aromatic carbocycles. The van der Waals surface area contributed by atoms with Gasteiger partial charge in [-0.15, -0.1) is 0 Å². The molecule has 1 aliphatic carbocycles. The van der Waals surface area contributed by atoms with Gasteiger partial charge >= 0.3 is 12.1 Å². The first-order chi connectivity index (χ1) is 18.4. The summed E-state index contributed by atoms with van der Waals surface area (Å²) < 4.78 is 33.2. The van der Waals surface area contributed by atoms with Crippen LogP contribution in [-0.2, 0) is 39.4 Å². The van der Waals surface area contributed by atoms with Crippen molar-refractivity contribution in [3.05, 3.63) is 29.2 Å². The van der Waals surface area contributed by atoms with Gasteiger partial charge in [-0.3, -0.25) is 14.3 Å². The highest BCUT2D eigenvalue weighted by molar-refractivity contribution is 6.02. The smallest absolute Gasteiger partial charge is 0.407 e. The second kappa shape index (κ2) is 13.0. The van der Waals surface area contributed by atoms with E-state index in [1.54, 1.807) is 46.9 Å². The van der Waals surface area contributed by atoms with Crippen LogP contribution >= 0.6 is 0 Å². The molecule has 1 fully saturated rings. The van der Waals surface area contributed by atoms with E-state index in [-0.39, 0.29) is 49.7 Å². The molecule has 1 aliphatic rings. The minimum absolute atomic E-state index is 0.0736. The summed E-state index contributed by atoms with van der Waals surface area (Å²) in [4.78, 5) is 37.4. The molecule has 4 atom stereocenters. The third-order valence-electron chi connectivity index (χ3n) is 6.33. The number of rotatable bonds is 11. The number of nitrogens with two attached hydrogens (primary N) is 1. The van der Waals surface area contributed by atoms with Crippen LogP contribution in [0.3, 0.4) is 0 Å². The standard InChI is InChI=1S/C25H38FN7O6/c1-13(2)22(27)24(35)38-12-33-21(29-23(34)19-9-16(11-37-6)30-32(19)5)10-18(31-33)15-7-17(26)20(8-15)39-25(36)28-14(3)4/h9-10,13-15,17,20,22H,7-8,11-12,27H2,1-6H3,(H,28,36)(H,29,34)/t15-,17+,20-,22-/m0/s1. The van der Waals surface area contributed by atoms with E-state index in [4.69, 9.17) is 19.9 Å². The number of esters is 1. The van der Waals surface area contributed by atoms with Crippen LogP contribution in [0.5, 0.6) is 0 Å². The first kappa shape index (κ1) is 30.0. The van der Waals surface area contributed by atoms with Gasteiger partial charge in [0.25, 0.3) is 5.91 Å². The fourth-order valence-corrected chi connectivity index (χ4v) is 4.18. The van der Waals surface area contributed by atoms with Crippen molar-refractivity contribution < 1.29 is 33.0 Å². The Morgan fingerprint density at radius 3 is 2.54 bits per heavy atom. The molecule has 216 valence electrons. The van der Waals surface area contributed by atoms with Crippen LogP contribution in [0, 0.1) is 5.92 Å². The lowest BCUT2D eigenvalue weighted by molar-refractivity contribution is -0.150. The van der Waals surface area contributed by atoms with Gasteiger partial charge in [-0.05, 0) is 38.7 Å². The zero-order valence-electron chi connectivity index (χ0n) is 23.1. The molecular weight excluding hydrogens is 513 g/mol. The number of amides is 2. The molecule has 2 heterocycles. The number of alkyl halides is 1. The summed E-state index contributed by atoms with van der Waals surface area (Å²) in [7, 11) is 3.15. The molecule has 0 saturated heterocycles. The SMILES string of the molecule is COCc1cc(C(=O)Nc2cc([C@H]3C[C@@H](F)[C@@H](OC(=O)NC(C)C)C3)nn2COC(=O)[C@@H](N)C(C)C)n(C)n1. The molecular formula is C25H38FN7O6. The Hall–Kier alpha value is -3.52. The number of nitrogens with one attached hydrogen (secondary N) is 2. The zero-order valence-corrected chi connectivity index (χ0v) is 23.1. The number of halogens is 1. The summed E-state index contributed by atoms with van der Waals surface area (Å²) in [5.74, 6) is -1.41. The van der Waals surface area contributed by atoms with E-state index in [1.165, 1.54) is 16.5 Å². The Bertz CT molecular complexity index is 1160. The lowest BCUT2D eigenvalue weighted by Gasteiger charge is -2.16. The van der Waals surface area contributed by atoms with E-state index in [1.807, 2.05) is 0 Å². The summed E-state index contributed by atoms with van der Waals surface area (Å²) >= 11 is 0. The van der Waals surface area contributed by atoms with Crippen molar-refractivity contribution in [1.29, 1.82) is 0 Å². The number of ether oxygens (including phenoxy) is 3. The van der Waals surface area contributed by atoms with Crippen LogP contribution in [0.1, 0.15) is 68.3 Å². The quantitative estimate of drug-likeness (QED) is 0.355. The Morgan fingerprint density at radius 2 is 1.90 bits per heavy atom. The average Bonchev–Trinajstić information content (AvgIpc) is 3.53. The molecule has 0 spiro atoms. The summed E-state index contributed by atoms with van der Waals surface area (Å²) in [6, 6.07) is 2.21. The Kier molecular flexibility index (Phi) is 10.0. The predicted octanol–water partition coefficient (Wildman–Crippen LogP) is 2.22. The van der Waals surface area contributed by atoms with Crippen LogP contribution in [0.2, 0.25) is 0 Å². The molecule has 4 N–H and O–H groups in total. The van der Waals surface area contributed by atoms with Crippen LogP contribution in [-0.4, -0.2) is 69.0 Å². The predicted molar refractivity (Wildman–Crippen MR) is 138 cm³/mol. The first-order valence-corrected chi connectivity index (χ1v) is 12.8. The highest BCUT2D eigenvalue weighted by Gasteiger charge is 2.39. The van der Waals surface area contributed by atoms with Crippen molar-refractivity contribution in [3.63, 3.8) is 0 Å².